The smallest absolute Gasteiger partial charge is 0.416 e. The molecule has 0 saturated carbocycles. The summed E-state index contributed by atoms with van der Waals surface area (Å²) in [6, 6.07) is 4.49. The van der Waals surface area contributed by atoms with Crippen LogP contribution in [0.4, 0.5) is 30.8 Å². The van der Waals surface area contributed by atoms with E-state index in [0.717, 1.165) is 22.7 Å². The number of nitrogens with one attached hydrogen (secondary N) is 2. The highest BCUT2D eigenvalue weighted by molar-refractivity contribution is 7.87. The molecule has 1 saturated heterocycles. The van der Waals surface area contributed by atoms with E-state index in [1.54, 1.807) is 25.4 Å². The molecular weight excluding hydrogens is 491 g/mol. The van der Waals surface area contributed by atoms with E-state index in [1.807, 2.05) is 9.62 Å². The van der Waals surface area contributed by atoms with Gasteiger partial charge in [-0.15, -0.1) is 0 Å². The fraction of sp³-hybridized carbons (Fsp3) is 0.300. The fourth-order valence-corrected chi connectivity index (χ4v) is 4.41. The molecule has 0 spiro atoms. The topological polar surface area (TPSA) is 134 Å². The van der Waals surface area contributed by atoms with Gasteiger partial charge in [0.25, 0.3) is 11.9 Å². The van der Waals surface area contributed by atoms with Gasteiger partial charge in [0.05, 0.1) is 5.56 Å². The van der Waals surface area contributed by atoms with Crippen LogP contribution in [0, 0.1) is 6.92 Å². The lowest BCUT2D eigenvalue weighted by Gasteiger charge is -2.33. The third-order valence-corrected chi connectivity index (χ3v) is 6.67. The number of benzene rings is 1. The van der Waals surface area contributed by atoms with E-state index in [2.05, 4.69) is 20.3 Å². The number of hydrogen-bond acceptors (Lipinski definition) is 9. The van der Waals surface area contributed by atoms with Crippen LogP contribution in [-0.4, -0.2) is 59.8 Å². The Morgan fingerprint density at radius 1 is 1.11 bits per heavy atom. The van der Waals surface area contributed by atoms with Crippen LogP contribution in [0.25, 0.3) is 0 Å². The summed E-state index contributed by atoms with van der Waals surface area (Å²) in [5.74, 6) is -0.566. The van der Waals surface area contributed by atoms with E-state index in [1.165, 1.54) is 6.07 Å². The lowest BCUT2D eigenvalue weighted by Crippen LogP contribution is -2.53. The van der Waals surface area contributed by atoms with Crippen LogP contribution in [-0.2, 0) is 16.4 Å². The van der Waals surface area contributed by atoms with Gasteiger partial charge in [-0.1, -0.05) is 6.07 Å². The first-order valence-electron chi connectivity index (χ1n) is 10.3. The predicted molar refractivity (Wildman–Crippen MR) is 118 cm³/mol. The Hall–Kier alpha value is -3.72. The predicted octanol–water partition coefficient (Wildman–Crippen LogP) is 2.33. The van der Waals surface area contributed by atoms with Crippen molar-refractivity contribution in [3.8, 4) is 0 Å². The number of halogens is 3. The van der Waals surface area contributed by atoms with Crippen LogP contribution >= 0.6 is 0 Å². The van der Waals surface area contributed by atoms with E-state index >= 15 is 0 Å². The molecule has 0 atom stereocenters. The average molecular weight is 511 g/mol. The second-order valence-electron chi connectivity index (χ2n) is 7.56. The zero-order chi connectivity index (χ0) is 25.2. The van der Waals surface area contributed by atoms with Gasteiger partial charge in [-0.25, -0.2) is 14.7 Å². The highest BCUT2D eigenvalue weighted by atomic mass is 32.2. The summed E-state index contributed by atoms with van der Waals surface area (Å²) in [5, 5.41) is 2.57. The molecule has 1 aliphatic rings. The van der Waals surface area contributed by atoms with Gasteiger partial charge in [0.1, 0.15) is 6.26 Å². The third-order valence-electron chi connectivity index (χ3n) is 5.18. The Labute approximate surface area is 198 Å². The van der Waals surface area contributed by atoms with Gasteiger partial charge in [-0.05, 0) is 30.7 Å². The van der Waals surface area contributed by atoms with Gasteiger partial charge in [0, 0.05) is 44.3 Å². The molecule has 186 valence electrons. The first-order chi connectivity index (χ1) is 16.5. The van der Waals surface area contributed by atoms with E-state index in [0.29, 0.717) is 24.6 Å². The number of aromatic nitrogens is 3. The van der Waals surface area contributed by atoms with Crippen molar-refractivity contribution < 1.29 is 30.8 Å². The zero-order valence-corrected chi connectivity index (χ0v) is 19.1. The molecule has 3 heterocycles. The van der Waals surface area contributed by atoms with Crippen molar-refractivity contribution in [2.45, 2.75) is 13.1 Å². The Kier molecular flexibility index (Phi) is 6.62. The van der Waals surface area contributed by atoms with E-state index < -0.39 is 27.9 Å². The van der Waals surface area contributed by atoms with Gasteiger partial charge in [0.2, 0.25) is 5.95 Å². The van der Waals surface area contributed by atoms with Crippen LogP contribution in [0.15, 0.2) is 47.3 Å². The van der Waals surface area contributed by atoms with Crippen molar-refractivity contribution in [1.82, 2.24) is 24.0 Å². The van der Waals surface area contributed by atoms with E-state index in [9.17, 15) is 26.4 Å². The number of rotatable bonds is 6. The van der Waals surface area contributed by atoms with Crippen molar-refractivity contribution in [1.29, 1.82) is 0 Å². The largest absolute Gasteiger partial charge is 0.431 e. The number of alkyl halides is 3. The maximum absolute atomic E-state index is 13.0. The van der Waals surface area contributed by atoms with Crippen LogP contribution in [0.3, 0.4) is 0 Å². The molecule has 15 heteroatoms. The second kappa shape index (κ2) is 9.50. The van der Waals surface area contributed by atoms with Gasteiger partial charge in [0.15, 0.2) is 5.69 Å². The molecule has 35 heavy (non-hydrogen) atoms. The van der Waals surface area contributed by atoms with E-state index in [4.69, 9.17) is 4.42 Å². The molecule has 1 aromatic carbocycles. The lowest BCUT2D eigenvalue weighted by molar-refractivity contribution is -0.137. The van der Waals surface area contributed by atoms with Crippen LogP contribution in [0.5, 0.6) is 0 Å². The third kappa shape index (κ3) is 5.68. The Bertz CT molecular complexity index is 1310. The molecule has 11 nitrogen and oxygen atoms in total. The van der Waals surface area contributed by atoms with Gasteiger partial charge in [-0.3, -0.25) is 4.79 Å². The first-order valence-corrected chi connectivity index (χ1v) is 11.7. The molecule has 2 N–H and O–H groups in total. The van der Waals surface area contributed by atoms with Crippen molar-refractivity contribution >= 4 is 33.8 Å². The van der Waals surface area contributed by atoms with E-state index in [-0.39, 0.29) is 30.5 Å². The molecular formula is C20H20F3N7O4S. The zero-order valence-electron chi connectivity index (χ0n) is 18.3. The first kappa shape index (κ1) is 24.4. The molecule has 2 aromatic heterocycles. The highest BCUT2D eigenvalue weighted by Gasteiger charge is 2.32. The van der Waals surface area contributed by atoms with Crippen molar-refractivity contribution in [2.75, 3.05) is 36.4 Å². The SMILES string of the molecule is Cc1ccc(C(F)(F)F)cc1Nc1nc(C(=O)NS(=O)(=O)N2CCN(c3ncccn3)CC2)co1. The van der Waals surface area contributed by atoms with Gasteiger partial charge < -0.3 is 14.6 Å². The Morgan fingerprint density at radius 2 is 1.80 bits per heavy atom. The maximum atomic E-state index is 13.0. The highest BCUT2D eigenvalue weighted by Crippen LogP contribution is 2.33. The number of nitrogens with zero attached hydrogens (tertiary/aromatic N) is 5. The van der Waals surface area contributed by atoms with Crippen LogP contribution < -0.4 is 14.9 Å². The number of hydrogen-bond donors (Lipinski definition) is 2. The van der Waals surface area contributed by atoms with Crippen molar-refractivity contribution in [3.63, 3.8) is 0 Å². The number of amides is 1. The number of aryl methyl sites for hydroxylation is 1. The van der Waals surface area contributed by atoms with Crippen molar-refractivity contribution in [3.05, 3.63) is 59.7 Å². The van der Waals surface area contributed by atoms with Gasteiger partial charge >= 0.3 is 16.4 Å². The maximum Gasteiger partial charge on any atom is 0.416 e. The molecule has 1 fully saturated rings. The molecule has 3 aromatic rings. The minimum Gasteiger partial charge on any atom is -0.431 e. The van der Waals surface area contributed by atoms with Crippen LogP contribution in [0.2, 0.25) is 0 Å². The number of oxazole rings is 1. The minimum atomic E-state index is -4.54. The summed E-state index contributed by atoms with van der Waals surface area (Å²) in [6.07, 6.45) is -0.470. The standard InChI is InChI=1S/C20H20F3N7O4S/c1-13-3-4-14(20(21,22)23)11-15(13)26-19-27-16(12-34-19)17(31)28-35(32,33)30-9-7-29(8-10-30)18-24-5-2-6-25-18/h2-6,11-12H,7-10H2,1H3,(H,26,27)(H,28,31). The quantitative estimate of drug-likeness (QED) is 0.511. The fourth-order valence-electron chi connectivity index (χ4n) is 3.30. The molecule has 1 aliphatic heterocycles. The summed E-state index contributed by atoms with van der Waals surface area (Å²) in [6.45, 7) is 2.43. The summed E-state index contributed by atoms with van der Waals surface area (Å²) in [5.41, 5.74) is -0.691. The van der Waals surface area contributed by atoms with Crippen molar-refractivity contribution in [2.24, 2.45) is 0 Å². The summed E-state index contributed by atoms with van der Waals surface area (Å²) >= 11 is 0. The number of carbonyl (C=O) groups excluding carboxylic acids is 1. The Morgan fingerprint density at radius 3 is 2.46 bits per heavy atom. The molecule has 0 unspecified atom stereocenters. The summed E-state index contributed by atoms with van der Waals surface area (Å²) in [4.78, 5) is 26.4. The summed E-state index contributed by atoms with van der Waals surface area (Å²) < 4.78 is 72.4. The number of piperazine rings is 1. The van der Waals surface area contributed by atoms with Crippen LogP contribution in [0.1, 0.15) is 21.6 Å². The number of carbonyl (C=O) groups is 1. The minimum absolute atomic E-state index is 0.0709. The lowest BCUT2D eigenvalue weighted by atomic mass is 10.1. The normalized spacial score (nSPS) is 15.1. The molecule has 4 rings (SSSR count). The monoisotopic (exact) mass is 511 g/mol. The second-order valence-corrected chi connectivity index (χ2v) is 9.23. The molecule has 0 radical (unpaired) electrons. The van der Waals surface area contributed by atoms with Gasteiger partial charge in [-0.2, -0.15) is 30.9 Å². The molecule has 1 amide bonds. The molecule has 0 aliphatic carbocycles. The number of anilines is 3. The molecule has 0 bridgehead atoms. The Balaban J connectivity index is 1.38. The summed E-state index contributed by atoms with van der Waals surface area (Å²) in [7, 11) is -4.18. The average Bonchev–Trinajstić information content (AvgIpc) is 3.29.